The average molecular weight is 455 g/mol. The Morgan fingerprint density at radius 2 is 1.33 bits per heavy atom. The number of rotatable bonds is 2. The SMILES string of the molecule is CCOCC.ClC1=C(Cl)C2(Cl)C3C4CC(C5OC45)C3C1(Cl)C2(Cl)Cl. The molecule has 24 heavy (non-hydrogen) atoms. The molecule has 4 aliphatic carbocycles. The Morgan fingerprint density at radius 3 is 1.67 bits per heavy atom. The van der Waals surface area contributed by atoms with E-state index < -0.39 is 14.1 Å². The number of hydrogen-bond acceptors (Lipinski definition) is 2. The summed E-state index contributed by atoms with van der Waals surface area (Å²) < 4.78 is 9.18. The van der Waals surface area contributed by atoms with E-state index in [0.717, 1.165) is 19.6 Å². The zero-order chi connectivity index (χ0) is 17.7. The van der Waals surface area contributed by atoms with Gasteiger partial charge in [-0.15, -0.1) is 23.2 Å². The third kappa shape index (κ3) is 1.86. The van der Waals surface area contributed by atoms with Crippen molar-refractivity contribution in [3.05, 3.63) is 10.1 Å². The lowest BCUT2D eigenvalue weighted by Gasteiger charge is -2.38. The first-order chi connectivity index (χ1) is 11.2. The minimum absolute atomic E-state index is 0.0467. The standard InChI is InChI=1S/C12H8Cl6O.C4H10O/c13-8-9(14)11(16)5-3-1-2(6-7(3)19-6)4(5)10(8,15)12(11,17)18;1-3-5-4-2/h2-7H,1H2;3-4H2,1-2H3. The molecule has 4 fully saturated rings. The fourth-order valence-corrected chi connectivity index (χ4v) is 8.64. The largest absolute Gasteiger partial charge is 0.382 e. The monoisotopic (exact) mass is 452 g/mol. The fourth-order valence-electron chi connectivity index (χ4n) is 5.50. The van der Waals surface area contributed by atoms with Crippen molar-refractivity contribution in [2.24, 2.45) is 23.7 Å². The molecule has 0 aromatic rings. The maximum Gasteiger partial charge on any atom is 0.166 e. The second-order valence-corrected chi connectivity index (χ2v) is 10.4. The van der Waals surface area contributed by atoms with Gasteiger partial charge in [0.25, 0.3) is 0 Å². The average Bonchev–Trinajstić information content (AvgIpc) is 3.09. The van der Waals surface area contributed by atoms with Crippen molar-refractivity contribution < 1.29 is 9.47 Å². The quantitative estimate of drug-likeness (QED) is 0.311. The molecular weight excluding hydrogens is 437 g/mol. The summed E-state index contributed by atoms with van der Waals surface area (Å²) >= 11 is 39.5. The summed E-state index contributed by atoms with van der Waals surface area (Å²) in [4.78, 5) is -2.17. The Hall–Kier alpha value is 1.40. The van der Waals surface area contributed by atoms with E-state index in [1.807, 2.05) is 13.8 Å². The number of fused-ring (bicyclic) bond motifs is 12. The van der Waals surface area contributed by atoms with E-state index in [0.29, 0.717) is 21.9 Å². The maximum absolute atomic E-state index is 6.82. The molecule has 0 aromatic heterocycles. The number of alkyl halides is 4. The zero-order valence-electron chi connectivity index (χ0n) is 13.2. The van der Waals surface area contributed by atoms with Gasteiger partial charge < -0.3 is 9.47 Å². The summed E-state index contributed by atoms with van der Waals surface area (Å²) in [5, 5.41) is 0.642. The highest BCUT2D eigenvalue weighted by molar-refractivity contribution is 6.65. The highest BCUT2D eigenvalue weighted by Gasteiger charge is 2.89. The second-order valence-electron chi connectivity index (χ2n) is 7.09. The third-order valence-corrected chi connectivity index (χ3v) is 10.6. The molecule has 4 bridgehead atoms. The maximum atomic E-state index is 6.82. The first-order valence-electron chi connectivity index (χ1n) is 8.24. The summed E-state index contributed by atoms with van der Waals surface area (Å²) in [6.07, 6.45) is 1.63. The predicted octanol–water partition coefficient (Wildman–Crippen LogP) is 5.52. The number of allylic oxidation sites excluding steroid dienone is 2. The van der Waals surface area contributed by atoms with Crippen LogP contribution >= 0.6 is 69.6 Å². The van der Waals surface area contributed by atoms with Gasteiger partial charge >= 0.3 is 0 Å². The van der Waals surface area contributed by atoms with Crippen LogP contribution in [-0.4, -0.2) is 39.5 Å². The summed E-state index contributed by atoms with van der Waals surface area (Å²) in [7, 11) is 0. The number of hydrogen-bond donors (Lipinski definition) is 0. The van der Waals surface area contributed by atoms with Gasteiger partial charge in [0.2, 0.25) is 0 Å². The molecular formula is C16H18Cl6O2. The summed E-state index contributed by atoms with van der Waals surface area (Å²) in [5.74, 6) is 0.776. The van der Waals surface area contributed by atoms with E-state index >= 15 is 0 Å². The Bertz CT molecular complexity index is 563. The van der Waals surface area contributed by atoms with Gasteiger partial charge in [-0.25, -0.2) is 0 Å². The van der Waals surface area contributed by atoms with Crippen LogP contribution in [0.4, 0.5) is 0 Å². The molecule has 1 heterocycles. The Balaban J connectivity index is 0.000000260. The molecule has 0 N–H and O–H groups in total. The van der Waals surface area contributed by atoms with Crippen LogP contribution in [-0.2, 0) is 9.47 Å². The molecule has 1 saturated heterocycles. The predicted molar refractivity (Wildman–Crippen MR) is 99.7 cm³/mol. The van der Waals surface area contributed by atoms with Gasteiger partial charge in [0, 0.05) is 13.2 Å². The number of epoxide rings is 1. The van der Waals surface area contributed by atoms with Crippen molar-refractivity contribution in [1.82, 2.24) is 0 Å². The van der Waals surface area contributed by atoms with Crippen LogP contribution in [0.5, 0.6) is 0 Å². The summed E-state index contributed by atoms with van der Waals surface area (Å²) in [6.45, 7) is 5.67. The molecule has 0 aromatic carbocycles. The van der Waals surface area contributed by atoms with Gasteiger partial charge in [0.05, 0.1) is 22.3 Å². The molecule has 8 heteroatoms. The van der Waals surface area contributed by atoms with E-state index in [-0.39, 0.29) is 24.0 Å². The molecule has 0 radical (unpaired) electrons. The van der Waals surface area contributed by atoms with Crippen LogP contribution in [0.2, 0.25) is 0 Å². The van der Waals surface area contributed by atoms with Crippen molar-refractivity contribution in [3.8, 4) is 0 Å². The smallest absolute Gasteiger partial charge is 0.166 e. The summed E-state index contributed by atoms with van der Waals surface area (Å²) in [6, 6.07) is 0. The number of halogens is 6. The molecule has 0 amide bonds. The van der Waals surface area contributed by atoms with Gasteiger partial charge in [-0.3, -0.25) is 0 Å². The molecule has 5 aliphatic rings. The van der Waals surface area contributed by atoms with Gasteiger partial charge in [0.15, 0.2) is 4.33 Å². The fraction of sp³-hybridized carbons (Fsp3) is 0.875. The van der Waals surface area contributed by atoms with Gasteiger partial charge in [-0.2, -0.15) is 0 Å². The van der Waals surface area contributed by atoms with Crippen molar-refractivity contribution in [2.45, 2.75) is 46.6 Å². The lowest BCUT2D eigenvalue weighted by atomic mass is 9.73. The summed E-state index contributed by atoms with van der Waals surface area (Å²) in [5.41, 5.74) is 0. The van der Waals surface area contributed by atoms with E-state index in [4.69, 9.17) is 79.1 Å². The lowest BCUT2D eigenvalue weighted by molar-refractivity contribution is 0.162. The van der Waals surface area contributed by atoms with Crippen molar-refractivity contribution in [1.29, 1.82) is 0 Å². The van der Waals surface area contributed by atoms with Crippen molar-refractivity contribution in [3.63, 3.8) is 0 Å². The Kier molecular flexibility index (Phi) is 4.46. The molecule has 2 nitrogen and oxygen atoms in total. The second kappa shape index (κ2) is 5.70. The van der Waals surface area contributed by atoms with Crippen LogP contribution in [0.15, 0.2) is 10.1 Å². The zero-order valence-corrected chi connectivity index (χ0v) is 17.7. The Labute approximate surface area is 172 Å². The highest BCUT2D eigenvalue weighted by atomic mass is 35.5. The molecule has 136 valence electrons. The van der Waals surface area contributed by atoms with Gasteiger partial charge in [-0.05, 0) is 43.9 Å². The first-order valence-corrected chi connectivity index (χ1v) is 10.5. The van der Waals surface area contributed by atoms with Crippen LogP contribution in [0, 0.1) is 23.7 Å². The third-order valence-electron chi connectivity index (χ3n) is 6.33. The lowest BCUT2D eigenvalue weighted by Crippen LogP contribution is -2.46. The molecule has 3 saturated carbocycles. The molecule has 1 aliphatic heterocycles. The van der Waals surface area contributed by atoms with Gasteiger partial charge in [-0.1, -0.05) is 46.4 Å². The van der Waals surface area contributed by atoms with Crippen LogP contribution in [0.3, 0.4) is 0 Å². The number of ether oxygens (including phenoxy) is 2. The van der Waals surface area contributed by atoms with E-state index in [2.05, 4.69) is 0 Å². The normalized spacial score (nSPS) is 54.5. The Morgan fingerprint density at radius 1 is 0.917 bits per heavy atom. The van der Waals surface area contributed by atoms with Crippen LogP contribution in [0.25, 0.3) is 0 Å². The first kappa shape index (κ1) is 18.7. The molecule has 5 rings (SSSR count). The highest BCUT2D eigenvalue weighted by Crippen LogP contribution is 2.84. The van der Waals surface area contributed by atoms with Crippen molar-refractivity contribution >= 4 is 69.6 Å². The van der Waals surface area contributed by atoms with Crippen LogP contribution in [0.1, 0.15) is 20.3 Å². The van der Waals surface area contributed by atoms with Gasteiger partial charge in [0.1, 0.15) is 9.75 Å². The van der Waals surface area contributed by atoms with E-state index in [9.17, 15) is 0 Å². The molecule has 8 unspecified atom stereocenters. The van der Waals surface area contributed by atoms with Crippen molar-refractivity contribution in [2.75, 3.05) is 13.2 Å². The van der Waals surface area contributed by atoms with E-state index in [1.165, 1.54) is 0 Å². The molecule has 0 spiro atoms. The minimum atomic E-state index is -1.37. The topological polar surface area (TPSA) is 21.8 Å². The van der Waals surface area contributed by atoms with Crippen LogP contribution < -0.4 is 0 Å². The van der Waals surface area contributed by atoms with E-state index in [1.54, 1.807) is 0 Å². The minimum Gasteiger partial charge on any atom is -0.382 e. The molecule has 8 atom stereocenters.